The monoisotopic (exact) mass is 358 g/mol. The van der Waals surface area contributed by atoms with Crippen LogP contribution in [0.2, 0.25) is 0 Å². The highest BCUT2D eigenvalue weighted by Crippen LogP contribution is 2.65. The summed E-state index contributed by atoms with van der Waals surface area (Å²) in [4.78, 5) is 25.4. The second-order valence-corrected chi connectivity index (χ2v) is 9.82. The number of rotatable bonds is 1. The summed E-state index contributed by atoms with van der Waals surface area (Å²) in [5.41, 5.74) is 0.603. The van der Waals surface area contributed by atoms with E-state index in [0.717, 1.165) is 12.8 Å². The average Bonchev–Trinajstić information content (AvgIpc) is 2.56. The molecule has 0 unspecified atom stereocenters. The predicted molar refractivity (Wildman–Crippen MR) is 98.2 cm³/mol. The Balaban J connectivity index is 1.77. The molecular weight excluding hydrogens is 328 g/mol. The summed E-state index contributed by atoms with van der Waals surface area (Å²) in [6, 6.07) is 0. The first kappa shape index (κ1) is 17.8. The Hall–Kier alpha value is -1.58. The Labute approximate surface area is 156 Å². The molecule has 2 saturated carbocycles. The van der Waals surface area contributed by atoms with Crippen LogP contribution in [0.25, 0.3) is 0 Å². The van der Waals surface area contributed by atoms with Gasteiger partial charge in [0.1, 0.15) is 5.60 Å². The summed E-state index contributed by atoms with van der Waals surface area (Å²) in [6.07, 6.45) is 7.62. The summed E-state index contributed by atoms with van der Waals surface area (Å²) in [5, 5.41) is 0. The molecule has 0 aromatic heterocycles. The van der Waals surface area contributed by atoms with E-state index in [1.54, 1.807) is 0 Å². The van der Waals surface area contributed by atoms with E-state index in [9.17, 15) is 9.59 Å². The fourth-order valence-corrected chi connectivity index (χ4v) is 6.71. The van der Waals surface area contributed by atoms with Gasteiger partial charge in [-0.3, -0.25) is 9.59 Å². The van der Waals surface area contributed by atoms with Crippen LogP contribution in [0, 0.1) is 22.7 Å². The highest BCUT2D eigenvalue weighted by molar-refractivity contribution is 6.21. The molecule has 4 aliphatic rings. The van der Waals surface area contributed by atoms with Gasteiger partial charge in [-0.15, -0.1) is 0 Å². The normalized spacial score (nSPS) is 41.5. The van der Waals surface area contributed by atoms with Crippen LogP contribution >= 0.6 is 0 Å². The summed E-state index contributed by atoms with van der Waals surface area (Å²) in [7, 11) is 1.44. The lowest BCUT2D eigenvalue weighted by molar-refractivity contribution is -0.186. The van der Waals surface area contributed by atoms with E-state index in [1.807, 2.05) is 0 Å². The maximum Gasteiger partial charge on any atom is 0.227 e. The van der Waals surface area contributed by atoms with Crippen molar-refractivity contribution in [2.45, 2.75) is 71.8 Å². The number of fused-ring (bicyclic) bond motifs is 3. The van der Waals surface area contributed by atoms with Crippen LogP contribution in [0.15, 0.2) is 23.2 Å². The van der Waals surface area contributed by atoms with Crippen molar-refractivity contribution < 1.29 is 19.1 Å². The largest absolute Gasteiger partial charge is 0.493 e. The molecule has 0 spiro atoms. The number of Topliss-reactive ketones (excluding diaryl/α,β-unsaturated/α-hetero) is 1. The molecule has 0 aromatic carbocycles. The molecule has 1 aliphatic heterocycles. The van der Waals surface area contributed by atoms with Crippen molar-refractivity contribution in [1.82, 2.24) is 0 Å². The molecule has 2 fully saturated rings. The van der Waals surface area contributed by atoms with Gasteiger partial charge in [-0.05, 0) is 55.8 Å². The zero-order valence-corrected chi connectivity index (χ0v) is 16.6. The lowest BCUT2D eigenvalue weighted by Crippen LogP contribution is -2.60. The Morgan fingerprint density at radius 2 is 1.81 bits per heavy atom. The van der Waals surface area contributed by atoms with Gasteiger partial charge in [-0.25, -0.2) is 0 Å². The van der Waals surface area contributed by atoms with E-state index in [4.69, 9.17) is 9.47 Å². The lowest BCUT2D eigenvalue weighted by atomic mass is 9.44. The first-order valence-corrected chi connectivity index (χ1v) is 9.89. The molecule has 4 atom stereocenters. The van der Waals surface area contributed by atoms with Crippen LogP contribution < -0.4 is 0 Å². The maximum absolute atomic E-state index is 12.8. The van der Waals surface area contributed by atoms with Crippen LogP contribution in [-0.4, -0.2) is 24.3 Å². The van der Waals surface area contributed by atoms with Crippen molar-refractivity contribution >= 4 is 11.6 Å². The maximum atomic E-state index is 12.8. The van der Waals surface area contributed by atoms with Crippen LogP contribution in [0.3, 0.4) is 0 Å². The summed E-state index contributed by atoms with van der Waals surface area (Å²) < 4.78 is 11.5. The van der Waals surface area contributed by atoms with E-state index >= 15 is 0 Å². The van der Waals surface area contributed by atoms with E-state index in [-0.39, 0.29) is 40.0 Å². The number of ketones is 2. The molecule has 142 valence electrons. The molecule has 26 heavy (non-hydrogen) atoms. The van der Waals surface area contributed by atoms with Gasteiger partial charge < -0.3 is 9.47 Å². The summed E-state index contributed by atoms with van der Waals surface area (Å²) in [6.45, 7) is 9.34. The smallest absolute Gasteiger partial charge is 0.227 e. The molecular formula is C22H30O4. The minimum atomic E-state index is -0.369. The quantitative estimate of drug-likeness (QED) is 0.654. The number of hydrogen-bond donors (Lipinski definition) is 0. The molecule has 1 heterocycles. The van der Waals surface area contributed by atoms with Crippen LogP contribution in [-0.2, 0) is 19.1 Å². The minimum absolute atomic E-state index is 0.130. The van der Waals surface area contributed by atoms with Gasteiger partial charge in [0.2, 0.25) is 11.6 Å². The van der Waals surface area contributed by atoms with E-state index in [1.165, 1.54) is 32.4 Å². The van der Waals surface area contributed by atoms with Crippen LogP contribution in [0.5, 0.6) is 0 Å². The standard InChI is InChI=1S/C22H30O4/c1-20(2)8-6-9-21(3)16(20)7-10-22(4)17(21)11-13-18(24)15(25-5)12-14(23)19(13)26-22/h12,16-17H,6-11H2,1-5H3/t16-,17+,21+,22+/m1/s1. The third kappa shape index (κ3) is 2.26. The van der Waals surface area contributed by atoms with E-state index in [0.29, 0.717) is 23.3 Å². The van der Waals surface area contributed by atoms with Crippen LogP contribution in [0.4, 0.5) is 0 Å². The first-order chi connectivity index (χ1) is 12.1. The Kier molecular flexibility index (Phi) is 3.74. The molecule has 3 aliphatic carbocycles. The zero-order valence-electron chi connectivity index (χ0n) is 16.6. The van der Waals surface area contributed by atoms with Gasteiger partial charge in [0.05, 0.1) is 7.11 Å². The molecule has 0 N–H and O–H groups in total. The Bertz CT molecular complexity index is 743. The van der Waals surface area contributed by atoms with Gasteiger partial charge in [-0.1, -0.05) is 27.2 Å². The molecule has 0 bridgehead atoms. The van der Waals surface area contributed by atoms with Crippen molar-refractivity contribution in [3.63, 3.8) is 0 Å². The van der Waals surface area contributed by atoms with Crippen molar-refractivity contribution in [2.75, 3.05) is 7.11 Å². The minimum Gasteiger partial charge on any atom is -0.493 e. The van der Waals surface area contributed by atoms with Crippen molar-refractivity contribution in [1.29, 1.82) is 0 Å². The SMILES string of the molecule is COC1=CC(=O)C2=C(C[C@H]3[C@@]4(C)CCCC(C)(C)[C@H]4CC[C@]3(C)O2)C1=O. The van der Waals surface area contributed by atoms with E-state index < -0.39 is 0 Å². The second kappa shape index (κ2) is 5.46. The molecule has 0 saturated heterocycles. The molecule has 4 heteroatoms. The fraction of sp³-hybridized carbons (Fsp3) is 0.727. The number of allylic oxidation sites excluding steroid dienone is 2. The van der Waals surface area contributed by atoms with Crippen molar-refractivity contribution in [3.8, 4) is 0 Å². The second-order valence-electron chi connectivity index (χ2n) is 9.82. The highest BCUT2D eigenvalue weighted by atomic mass is 16.5. The summed E-state index contributed by atoms with van der Waals surface area (Å²) >= 11 is 0. The summed E-state index contributed by atoms with van der Waals surface area (Å²) in [5.74, 6) is 0.880. The van der Waals surface area contributed by atoms with Gasteiger partial charge in [0, 0.05) is 17.6 Å². The molecule has 0 radical (unpaired) electrons. The Morgan fingerprint density at radius 3 is 2.50 bits per heavy atom. The highest BCUT2D eigenvalue weighted by Gasteiger charge is 2.61. The van der Waals surface area contributed by atoms with Gasteiger partial charge >= 0.3 is 0 Å². The fourth-order valence-electron chi connectivity index (χ4n) is 6.71. The third-order valence-corrected chi connectivity index (χ3v) is 7.96. The Morgan fingerprint density at radius 1 is 1.08 bits per heavy atom. The van der Waals surface area contributed by atoms with Crippen molar-refractivity contribution in [2.24, 2.45) is 22.7 Å². The molecule has 0 aromatic rings. The average molecular weight is 358 g/mol. The van der Waals surface area contributed by atoms with E-state index in [2.05, 4.69) is 27.7 Å². The lowest BCUT2D eigenvalue weighted by Gasteiger charge is -2.63. The molecule has 4 rings (SSSR count). The van der Waals surface area contributed by atoms with Gasteiger partial charge in [0.25, 0.3) is 0 Å². The number of carbonyl (C=O) groups excluding carboxylic acids is 2. The number of ether oxygens (including phenoxy) is 2. The first-order valence-electron chi connectivity index (χ1n) is 9.89. The van der Waals surface area contributed by atoms with Crippen molar-refractivity contribution in [3.05, 3.63) is 23.2 Å². The molecule has 4 nitrogen and oxygen atoms in total. The number of hydrogen-bond acceptors (Lipinski definition) is 4. The van der Waals surface area contributed by atoms with Gasteiger partial charge in [0.15, 0.2) is 11.5 Å². The van der Waals surface area contributed by atoms with Gasteiger partial charge in [-0.2, -0.15) is 0 Å². The third-order valence-electron chi connectivity index (χ3n) is 7.96. The number of methoxy groups -OCH3 is 1. The van der Waals surface area contributed by atoms with Crippen LogP contribution in [0.1, 0.15) is 66.2 Å². The predicted octanol–water partition coefficient (Wildman–Crippen LogP) is 4.34. The topological polar surface area (TPSA) is 52.6 Å². The zero-order chi connectivity index (χ0) is 18.9. The number of carbonyl (C=O) groups is 2. The molecule has 0 amide bonds.